The van der Waals surface area contributed by atoms with E-state index in [-0.39, 0.29) is 0 Å². The number of fused-ring (bicyclic) bond motifs is 1. The first-order chi connectivity index (χ1) is 5.26. The lowest BCUT2D eigenvalue weighted by atomic mass is 9.50. The minimum atomic E-state index is 0.533. The first kappa shape index (κ1) is 7.60. The van der Waals surface area contributed by atoms with Crippen LogP contribution < -0.4 is 5.73 Å². The van der Waals surface area contributed by atoms with E-state index in [0.717, 1.165) is 18.4 Å². The van der Waals surface area contributed by atoms with Crippen molar-refractivity contribution in [2.45, 2.75) is 39.0 Å². The molecule has 1 heteroatoms. The average molecular weight is 153 g/mol. The predicted molar refractivity (Wildman–Crippen MR) is 47.2 cm³/mol. The molecule has 2 aliphatic rings. The molecule has 2 rings (SSSR count). The molecule has 0 saturated heterocycles. The predicted octanol–water partition coefficient (Wildman–Crippen LogP) is 2.16. The molecule has 2 aliphatic carbocycles. The van der Waals surface area contributed by atoms with Crippen molar-refractivity contribution in [2.75, 3.05) is 6.54 Å². The van der Waals surface area contributed by atoms with Crippen molar-refractivity contribution in [1.29, 1.82) is 0 Å². The molecule has 3 atom stereocenters. The Labute approximate surface area is 69.4 Å². The maximum Gasteiger partial charge on any atom is -0.00203 e. The first-order valence-corrected chi connectivity index (χ1v) is 4.96. The van der Waals surface area contributed by atoms with E-state index in [4.69, 9.17) is 5.73 Å². The fraction of sp³-hybridized carbons (Fsp3) is 1.00. The van der Waals surface area contributed by atoms with Crippen LogP contribution in [0.3, 0.4) is 0 Å². The Morgan fingerprint density at radius 2 is 2.09 bits per heavy atom. The quantitative estimate of drug-likeness (QED) is 0.614. The van der Waals surface area contributed by atoms with Crippen LogP contribution in [0.5, 0.6) is 0 Å². The van der Waals surface area contributed by atoms with Crippen LogP contribution in [0.25, 0.3) is 0 Å². The van der Waals surface area contributed by atoms with Gasteiger partial charge in [-0.25, -0.2) is 0 Å². The third-order valence-corrected chi connectivity index (χ3v) is 4.00. The molecule has 64 valence electrons. The molecule has 1 nitrogen and oxygen atoms in total. The molecule has 0 heterocycles. The molecule has 0 aromatic rings. The largest absolute Gasteiger partial charge is 0.330 e. The number of rotatable bonds is 1. The summed E-state index contributed by atoms with van der Waals surface area (Å²) in [6.45, 7) is 3.29. The molecular formula is C10H19N. The zero-order chi connectivity index (χ0) is 7.90. The van der Waals surface area contributed by atoms with Gasteiger partial charge in [0.25, 0.3) is 0 Å². The normalized spacial score (nSPS) is 49.6. The van der Waals surface area contributed by atoms with E-state index in [1.165, 1.54) is 32.1 Å². The zero-order valence-corrected chi connectivity index (χ0v) is 7.47. The third kappa shape index (κ3) is 1.01. The fourth-order valence-electron chi connectivity index (χ4n) is 3.19. The van der Waals surface area contributed by atoms with Crippen molar-refractivity contribution >= 4 is 0 Å². The highest BCUT2D eigenvalue weighted by Crippen LogP contribution is 2.56. The van der Waals surface area contributed by atoms with Gasteiger partial charge in [-0.3, -0.25) is 0 Å². The van der Waals surface area contributed by atoms with Crippen LogP contribution in [0.4, 0.5) is 0 Å². The Hall–Kier alpha value is -0.0400. The molecule has 11 heavy (non-hydrogen) atoms. The third-order valence-electron chi connectivity index (χ3n) is 4.00. The second-order valence-electron chi connectivity index (χ2n) is 4.71. The molecular weight excluding hydrogens is 134 g/mol. The second-order valence-corrected chi connectivity index (χ2v) is 4.71. The van der Waals surface area contributed by atoms with Crippen LogP contribution >= 0.6 is 0 Å². The van der Waals surface area contributed by atoms with E-state index in [9.17, 15) is 0 Å². The summed E-state index contributed by atoms with van der Waals surface area (Å²) in [6, 6.07) is 0. The van der Waals surface area contributed by atoms with Crippen LogP contribution in [0, 0.1) is 17.3 Å². The summed E-state index contributed by atoms with van der Waals surface area (Å²) in [5.74, 6) is 2.04. The minimum absolute atomic E-state index is 0.533. The molecule has 0 aromatic carbocycles. The van der Waals surface area contributed by atoms with E-state index in [2.05, 4.69) is 6.92 Å². The molecule has 0 unspecified atom stereocenters. The van der Waals surface area contributed by atoms with Crippen molar-refractivity contribution in [3.63, 3.8) is 0 Å². The zero-order valence-electron chi connectivity index (χ0n) is 7.47. The second kappa shape index (κ2) is 2.48. The van der Waals surface area contributed by atoms with Gasteiger partial charge in [-0.1, -0.05) is 26.2 Å². The van der Waals surface area contributed by atoms with Crippen molar-refractivity contribution in [3.05, 3.63) is 0 Å². The lowest BCUT2D eigenvalue weighted by Crippen LogP contribution is -2.51. The van der Waals surface area contributed by atoms with Gasteiger partial charge in [0.1, 0.15) is 0 Å². The van der Waals surface area contributed by atoms with Crippen LogP contribution in [-0.2, 0) is 0 Å². The smallest absolute Gasteiger partial charge is 0.00203 e. The van der Waals surface area contributed by atoms with Crippen molar-refractivity contribution in [2.24, 2.45) is 23.0 Å². The standard InChI is InChI=1S/C10H19N/c1-10(7-11)6-8-4-2-3-5-9(8)10/h8-9H,2-7,11H2,1H3/t8-,9-,10-/m0/s1. The first-order valence-electron chi connectivity index (χ1n) is 4.96. The van der Waals surface area contributed by atoms with Crippen molar-refractivity contribution < 1.29 is 0 Å². The number of hydrogen-bond donors (Lipinski definition) is 1. The summed E-state index contributed by atoms with van der Waals surface area (Å²) in [5.41, 5.74) is 6.31. The summed E-state index contributed by atoms with van der Waals surface area (Å²) in [6.07, 6.45) is 7.28. The molecule has 0 aliphatic heterocycles. The highest BCUT2D eigenvalue weighted by atomic mass is 14.7. The summed E-state index contributed by atoms with van der Waals surface area (Å²) in [4.78, 5) is 0. The highest BCUT2D eigenvalue weighted by molar-refractivity contribution is 5.00. The molecule has 0 bridgehead atoms. The van der Waals surface area contributed by atoms with Gasteiger partial charge in [0.15, 0.2) is 0 Å². The van der Waals surface area contributed by atoms with Crippen LogP contribution in [0.1, 0.15) is 39.0 Å². The molecule has 2 N–H and O–H groups in total. The van der Waals surface area contributed by atoms with Gasteiger partial charge in [-0.15, -0.1) is 0 Å². The van der Waals surface area contributed by atoms with E-state index >= 15 is 0 Å². The summed E-state index contributed by atoms with van der Waals surface area (Å²) in [5, 5.41) is 0. The van der Waals surface area contributed by atoms with Gasteiger partial charge in [0, 0.05) is 0 Å². The summed E-state index contributed by atoms with van der Waals surface area (Å²) in [7, 11) is 0. The van der Waals surface area contributed by atoms with Crippen molar-refractivity contribution in [1.82, 2.24) is 0 Å². The van der Waals surface area contributed by atoms with Crippen LogP contribution in [-0.4, -0.2) is 6.54 Å². The van der Waals surface area contributed by atoms with Gasteiger partial charge in [-0.05, 0) is 36.6 Å². The molecule has 0 amide bonds. The average Bonchev–Trinajstić information content (AvgIpc) is 2.02. The Balaban J connectivity index is 2.00. The lowest BCUT2D eigenvalue weighted by molar-refractivity contribution is -0.0490. The number of hydrogen-bond acceptors (Lipinski definition) is 1. The van der Waals surface area contributed by atoms with Gasteiger partial charge in [0.2, 0.25) is 0 Å². The molecule has 0 spiro atoms. The minimum Gasteiger partial charge on any atom is -0.330 e. The van der Waals surface area contributed by atoms with E-state index in [0.29, 0.717) is 5.41 Å². The van der Waals surface area contributed by atoms with Crippen LogP contribution in [0.15, 0.2) is 0 Å². The van der Waals surface area contributed by atoms with Gasteiger partial charge >= 0.3 is 0 Å². The Bertz CT molecular complexity index is 155. The van der Waals surface area contributed by atoms with Gasteiger partial charge in [0.05, 0.1) is 0 Å². The molecule has 2 fully saturated rings. The molecule has 0 aromatic heterocycles. The SMILES string of the molecule is C[C@@]1(CN)C[C@@H]2CCCC[C@@H]21. The lowest BCUT2D eigenvalue weighted by Gasteiger charge is -2.55. The van der Waals surface area contributed by atoms with Gasteiger partial charge in [-0.2, -0.15) is 0 Å². The van der Waals surface area contributed by atoms with Crippen molar-refractivity contribution in [3.8, 4) is 0 Å². The molecule has 0 radical (unpaired) electrons. The molecule has 2 saturated carbocycles. The summed E-state index contributed by atoms with van der Waals surface area (Å²) >= 11 is 0. The van der Waals surface area contributed by atoms with Crippen LogP contribution in [0.2, 0.25) is 0 Å². The Morgan fingerprint density at radius 3 is 2.73 bits per heavy atom. The van der Waals surface area contributed by atoms with E-state index in [1.54, 1.807) is 0 Å². The van der Waals surface area contributed by atoms with E-state index in [1.807, 2.05) is 0 Å². The Morgan fingerprint density at radius 1 is 1.36 bits per heavy atom. The monoisotopic (exact) mass is 153 g/mol. The highest BCUT2D eigenvalue weighted by Gasteiger charge is 2.49. The van der Waals surface area contributed by atoms with Gasteiger partial charge < -0.3 is 5.73 Å². The maximum absolute atomic E-state index is 5.78. The summed E-state index contributed by atoms with van der Waals surface area (Å²) < 4.78 is 0. The Kier molecular flexibility index (Phi) is 1.71. The maximum atomic E-state index is 5.78. The van der Waals surface area contributed by atoms with E-state index < -0.39 is 0 Å². The topological polar surface area (TPSA) is 26.0 Å². The fourth-order valence-corrected chi connectivity index (χ4v) is 3.19. The number of nitrogens with two attached hydrogens (primary N) is 1.